The topological polar surface area (TPSA) is 183 Å². The van der Waals surface area contributed by atoms with Crippen LogP contribution in [0.5, 0.6) is 0 Å². The molecule has 0 aliphatic heterocycles. The number of aliphatic hydroxyl groups excluding tert-OH is 2. The van der Waals surface area contributed by atoms with Crippen molar-refractivity contribution in [3.05, 3.63) is 229 Å². The Kier molecular flexibility index (Phi) is 27.5. The highest BCUT2D eigenvalue weighted by Crippen LogP contribution is 2.17. The van der Waals surface area contributed by atoms with Crippen molar-refractivity contribution in [3.63, 3.8) is 0 Å². The third-order valence-corrected chi connectivity index (χ3v) is 10.4. The molecule has 0 unspecified atom stereocenters. The van der Waals surface area contributed by atoms with Crippen LogP contribution in [0.1, 0.15) is 27.8 Å². The number of halogens is 6. The quantitative estimate of drug-likeness (QED) is 0.0306. The minimum atomic E-state index is 0.0403. The summed E-state index contributed by atoms with van der Waals surface area (Å²) < 4.78 is 0. The maximum absolute atomic E-state index is 9.40. The average Bonchev–Trinajstić information content (AvgIpc) is 3.38. The van der Waals surface area contributed by atoms with E-state index in [9.17, 15) is 5.11 Å². The Balaban J connectivity index is 0.000000206. The molecule has 0 aliphatic carbocycles. The van der Waals surface area contributed by atoms with E-state index in [1.165, 1.54) is 11.8 Å². The van der Waals surface area contributed by atoms with Gasteiger partial charge in [0.1, 0.15) is 16.8 Å². The number of anilines is 3. The zero-order valence-corrected chi connectivity index (χ0v) is 42.4. The highest BCUT2D eigenvalue weighted by atomic mass is 35.5. The van der Waals surface area contributed by atoms with Crippen LogP contribution in [-0.4, -0.2) is 66.4 Å². The molecular formula is C51H53Cl6N11O2. The molecular weight excluding hydrogens is 1010 g/mol. The van der Waals surface area contributed by atoms with Crippen molar-refractivity contribution in [1.29, 1.82) is 0 Å². The highest BCUT2D eigenvalue weighted by molar-refractivity contribution is 6.32. The fourth-order valence-electron chi connectivity index (χ4n) is 5.64. The molecule has 0 radical (unpaired) electrons. The molecule has 366 valence electrons. The first-order valence-corrected chi connectivity index (χ1v) is 23.9. The van der Waals surface area contributed by atoms with Crippen LogP contribution >= 0.6 is 69.6 Å². The molecule has 0 aliphatic rings. The van der Waals surface area contributed by atoms with E-state index in [4.69, 9.17) is 80.4 Å². The van der Waals surface area contributed by atoms with Crippen LogP contribution in [0, 0.1) is 0 Å². The summed E-state index contributed by atoms with van der Waals surface area (Å²) in [6.07, 6.45) is 4.83. The van der Waals surface area contributed by atoms with Gasteiger partial charge in [0.15, 0.2) is 0 Å². The molecule has 5 aromatic carbocycles. The van der Waals surface area contributed by atoms with E-state index in [0.717, 1.165) is 49.7 Å². The number of hydrogen-bond donors (Lipinski definition) is 6. The lowest BCUT2D eigenvalue weighted by Crippen LogP contribution is -2.28. The van der Waals surface area contributed by atoms with Crippen molar-refractivity contribution in [2.45, 2.75) is 32.7 Å². The van der Waals surface area contributed by atoms with Crippen LogP contribution in [0.2, 0.25) is 30.8 Å². The van der Waals surface area contributed by atoms with E-state index in [2.05, 4.69) is 58.0 Å². The highest BCUT2D eigenvalue weighted by Gasteiger charge is 2.11. The van der Waals surface area contributed by atoms with Crippen molar-refractivity contribution < 1.29 is 10.2 Å². The molecule has 0 saturated heterocycles. The Bertz CT molecular complexity index is 2610. The van der Waals surface area contributed by atoms with E-state index in [0.29, 0.717) is 56.2 Å². The number of nitrogens with zero attached hydrogens (tertiary/aromatic N) is 7. The fourth-order valence-corrected chi connectivity index (χ4v) is 6.49. The molecule has 0 spiro atoms. The lowest BCUT2D eigenvalue weighted by atomic mass is 10.2. The Morgan fingerprint density at radius 2 is 0.914 bits per heavy atom. The van der Waals surface area contributed by atoms with Gasteiger partial charge in [-0.25, -0.2) is 24.9 Å². The minimum absolute atomic E-state index is 0.0403. The van der Waals surface area contributed by atoms with Crippen molar-refractivity contribution in [1.82, 2.24) is 35.2 Å². The Morgan fingerprint density at radius 3 is 1.37 bits per heavy atom. The maximum Gasteiger partial charge on any atom is 0.227 e. The summed E-state index contributed by atoms with van der Waals surface area (Å²) in [4.78, 5) is 25.9. The molecule has 8 rings (SSSR count). The van der Waals surface area contributed by atoms with E-state index >= 15 is 0 Å². The third kappa shape index (κ3) is 24.2. The Morgan fingerprint density at radius 1 is 0.457 bits per heavy atom. The summed E-state index contributed by atoms with van der Waals surface area (Å²) in [5.74, 6) is 2.03. The summed E-state index contributed by atoms with van der Waals surface area (Å²) in [7, 11) is 0. The van der Waals surface area contributed by atoms with Gasteiger partial charge >= 0.3 is 0 Å². The lowest BCUT2D eigenvalue weighted by Gasteiger charge is -2.22. The number of hydrogen-bond acceptors (Lipinski definition) is 13. The van der Waals surface area contributed by atoms with Crippen LogP contribution in [0.4, 0.5) is 17.6 Å². The average molecular weight is 1060 g/mol. The summed E-state index contributed by atoms with van der Waals surface area (Å²) in [5, 5.41) is 30.4. The van der Waals surface area contributed by atoms with Gasteiger partial charge in [0.2, 0.25) is 16.5 Å². The predicted octanol–water partition coefficient (Wildman–Crippen LogP) is 11.5. The fraction of sp³-hybridized carbons (Fsp3) is 0.176. The van der Waals surface area contributed by atoms with Gasteiger partial charge in [-0.2, -0.15) is 4.98 Å². The van der Waals surface area contributed by atoms with Crippen LogP contribution in [0.3, 0.4) is 0 Å². The van der Waals surface area contributed by atoms with Crippen molar-refractivity contribution in [2.24, 2.45) is 5.73 Å². The molecule has 0 atom stereocenters. The first-order chi connectivity index (χ1) is 34.0. The van der Waals surface area contributed by atoms with Crippen LogP contribution < -0.4 is 26.6 Å². The number of benzene rings is 5. The number of aromatic nitrogens is 6. The Hall–Kier alpha value is -5.68. The molecule has 7 N–H and O–H groups in total. The van der Waals surface area contributed by atoms with Crippen LogP contribution in [-0.2, 0) is 32.7 Å². The molecule has 13 nitrogen and oxygen atoms in total. The molecule has 70 heavy (non-hydrogen) atoms. The normalized spacial score (nSPS) is 10.1. The Labute approximate surface area is 439 Å². The zero-order chi connectivity index (χ0) is 50.2. The van der Waals surface area contributed by atoms with Gasteiger partial charge in [-0.05, 0) is 106 Å². The van der Waals surface area contributed by atoms with Gasteiger partial charge in [-0.3, -0.25) is 0 Å². The molecule has 0 amide bonds. The summed E-state index contributed by atoms with van der Waals surface area (Å²) in [6, 6.07) is 48.2. The van der Waals surface area contributed by atoms with Gasteiger partial charge in [-0.1, -0.05) is 143 Å². The first kappa shape index (κ1) is 56.9. The van der Waals surface area contributed by atoms with E-state index < -0.39 is 0 Å². The molecule has 0 bridgehead atoms. The van der Waals surface area contributed by atoms with E-state index in [-0.39, 0.29) is 23.8 Å². The smallest absolute Gasteiger partial charge is 0.227 e. The number of rotatable bonds is 16. The monoisotopic (exact) mass is 1060 g/mol. The number of nitrogens with two attached hydrogens (primary N) is 1. The van der Waals surface area contributed by atoms with E-state index in [1.807, 2.05) is 132 Å². The summed E-state index contributed by atoms with van der Waals surface area (Å²) >= 11 is 33.7. The maximum atomic E-state index is 9.40. The van der Waals surface area contributed by atoms with Crippen molar-refractivity contribution in [2.75, 3.05) is 41.8 Å². The van der Waals surface area contributed by atoms with Gasteiger partial charge in [0.05, 0.1) is 13.2 Å². The van der Waals surface area contributed by atoms with Crippen LogP contribution in [0.25, 0.3) is 0 Å². The molecule has 0 saturated carbocycles. The zero-order valence-electron chi connectivity index (χ0n) is 37.9. The third-order valence-electron chi connectivity index (χ3n) is 9.11. The van der Waals surface area contributed by atoms with Gasteiger partial charge < -0.3 is 36.8 Å². The molecule has 3 aromatic heterocycles. The summed E-state index contributed by atoms with van der Waals surface area (Å²) in [5.41, 5.74) is 11.1. The van der Waals surface area contributed by atoms with E-state index in [1.54, 1.807) is 24.5 Å². The van der Waals surface area contributed by atoms with Gasteiger partial charge in [0.25, 0.3) is 0 Å². The lowest BCUT2D eigenvalue weighted by molar-refractivity contribution is 0.292. The first-order valence-electron chi connectivity index (χ1n) is 21.7. The number of nitrogens with one attached hydrogen (secondary N) is 3. The standard InChI is InChI=1S/C20H21ClN4O.C11H9Cl2N3.C9H13NO.C7H8ClN.C4H2Cl2N2/c21-18-8-6-16(7-9-18)14-23-19-10-11-22-20(24-19)25(12-13-26)15-17-4-2-1-3-5-17;12-9-3-1-8(2-4-9)7-15-10-5-6-14-11(13)16-10;11-7-6-10-8-9-4-2-1-3-5-9;8-7-3-1-6(5-9)2-4-7;5-3-1-2-7-4(6)8-3/h1-11,26H,12-15H2,(H,22,23,24);1-6H,7H2,(H,14,15,16);1-5,10-11H,6-8H2;1-4H,5,9H2;1-2H. The second-order valence-corrected chi connectivity index (χ2v) is 16.8. The van der Waals surface area contributed by atoms with Crippen molar-refractivity contribution >= 4 is 87.2 Å². The second kappa shape index (κ2) is 33.8. The van der Waals surface area contributed by atoms with Crippen LogP contribution in [0.15, 0.2) is 170 Å². The van der Waals surface area contributed by atoms with Gasteiger partial charge in [0, 0.05) is 79.5 Å². The molecule has 8 aromatic rings. The van der Waals surface area contributed by atoms with Gasteiger partial charge in [-0.15, -0.1) is 0 Å². The van der Waals surface area contributed by atoms with Crippen molar-refractivity contribution in [3.8, 4) is 0 Å². The second-order valence-electron chi connectivity index (χ2n) is 14.4. The minimum Gasteiger partial charge on any atom is -0.395 e. The largest absolute Gasteiger partial charge is 0.395 e. The summed E-state index contributed by atoms with van der Waals surface area (Å²) in [6.45, 7) is 4.74. The molecule has 0 fully saturated rings. The molecule has 19 heteroatoms. The predicted molar refractivity (Wildman–Crippen MR) is 288 cm³/mol. The number of aliphatic hydroxyl groups is 2. The molecule has 3 heterocycles. The SMILES string of the molecule is Clc1ccc(CNc2ccnc(Cl)n2)cc1.Clc1ccnc(Cl)n1.NCc1ccc(Cl)cc1.OCCN(Cc1ccccc1)c1nccc(NCc2ccc(Cl)cc2)n1.OCCNCc1ccccc1.